The molecule has 5 rings (SSSR count). The molecule has 0 bridgehead atoms. The van der Waals surface area contributed by atoms with Crippen LogP contribution >= 0.6 is 0 Å². The Morgan fingerprint density at radius 2 is 1.88 bits per heavy atom. The molecule has 0 aliphatic carbocycles. The highest BCUT2D eigenvalue weighted by Gasteiger charge is 2.41. The highest BCUT2D eigenvalue weighted by Crippen LogP contribution is 2.45. The van der Waals surface area contributed by atoms with Crippen LogP contribution in [-0.4, -0.2) is 65.5 Å². The largest absolute Gasteiger partial charge is 0.474 e. The third-order valence-electron chi connectivity index (χ3n) is 7.25. The Hall–Kier alpha value is -3.52. The van der Waals surface area contributed by atoms with Crippen molar-refractivity contribution in [2.24, 2.45) is 5.41 Å². The number of nitrogen functional groups attached to an aromatic ring is 1. The van der Waals surface area contributed by atoms with Crippen LogP contribution in [0.2, 0.25) is 0 Å². The van der Waals surface area contributed by atoms with E-state index in [2.05, 4.69) is 25.6 Å². The lowest BCUT2D eigenvalue weighted by molar-refractivity contribution is -0.137. The van der Waals surface area contributed by atoms with Gasteiger partial charge in [0.25, 0.3) is 0 Å². The van der Waals surface area contributed by atoms with Crippen LogP contribution in [0.5, 0.6) is 5.88 Å². The fraction of sp³-hybridized carbons (Fsp3) is 0.500. The van der Waals surface area contributed by atoms with Crippen molar-refractivity contribution in [3.05, 3.63) is 28.8 Å². The molecule has 5 N–H and O–H groups in total. The van der Waals surface area contributed by atoms with Crippen LogP contribution in [0.4, 0.5) is 39.4 Å². The van der Waals surface area contributed by atoms with Crippen LogP contribution in [-0.2, 0) is 6.18 Å². The second-order valence-electron chi connectivity index (χ2n) is 10.7. The van der Waals surface area contributed by atoms with Gasteiger partial charge in [0.2, 0.25) is 11.8 Å². The van der Waals surface area contributed by atoms with Gasteiger partial charge >= 0.3 is 6.18 Å². The van der Waals surface area contributed by atoms with E-state index in [0.717, 1.165) is 13.0 Å². The zero-order chi connectivity index (χ0) is 29.0. The van der Waals surface area contributed by atoms with Gasteiger partial charge in [0.05, 0.1) is 24.0 Å². The Morgan fingerprint density at radius 3 is 2.55 bits per heavy atom. The van der Waals surface area contributed by atoms with Crippen LogP contribution in [0.1, 0.15) is 31.4 Å². The van der Waals surface area contributed by atoms with Crippen LogP contribution < -0.4 is 26.0 Å². The van der Waals surface area contributed by atoms with Gasteiger partial charge in [-0.15, -0.1) is 0 Å². The first-order valence-electron chi connectivity index (χ1n) is 12.9. The molecule has 2 aromatic heterocycles. The lowest BCUT2D eigenvalue weighted by Crippen LogP contribution is -2.57. The number of aliphatic hydroxyl groups excluding tert-OH is 1. The molecule has 2 aliphatic heterocycles. The van der Waals surface area contributed by atoms with Crippen LogP contribution in [0.3, 0.4) is 0 Å². The summed E-state index contributed by atoms with van der Waals surface area (Å²) < 4.78 is 79.5. The van der Waals surface area contributed by atoms with E-state index in [1.165, 1.54) is 0 Å². The van der Waals surface area contributed by atoms with Gasteiger partial charge in [0, 0.05) is 37.2 Å². The molecule has 14 heteroatoms. The van der Waals surface area contributed by atoms with Crippen molar-refractivity contribution in [2.75, 3.05) is 55.3 Å². The van der Waals surface area contributed by atoms with Gasteiger partial charge in [-0.2, -0.15) is 18.2 Å². The summed E-state index contributed by atoms with van der Waals surface area (Å²) in [5.74, 6) is -2.23. The van der Waals surface area contributed by atoms with E-state index in [1.807, 2.05) is 6.92 Å². The molecule has 0 radical (unpaired) electrons. The maximum absolute atomic E-state index is 16.4. The minimum atomic E-state index is -5.04. The minimum Gasteiger partial charge on any atom is -0.474 e. The number of rotatable bonds is 3. The summed E-state index contributed by atoms with van der Waals surface area (Å²) in [6.07, 6.45) is -4.95. The van der Waals surface area contributed by atoms with E-state index >= 15 is 4.39 Å². The number of hydrogen-bond acceptors (Lipinski definition) is 9. The van der Waals surface area contributed by atoms with E-state index in [4.69, 9.17) is 10.5 Å². The van der Waals surface area contributed by atoms with E-state index < -0.39 is 57.4 Å². The van der Waals surface area contributed by atoms with Gasteiger partial charge in [0.1, 0.15) is 28.2 Å². The van der Waals surface area contributed by atoms with Crippen LogP contribution in [0, 0.1) is 24.0 Å². The summed E-state index contributed by atoms with van der Waals surface area (Å²) in [5.41, 5.74) is 0.810. The van der Waals surface area contributed by atoms with Gasteiger partial charge in [-0.25, -0.2) is 18.7 Å². The Morgan fingerprint density at radius 1 is 1.15 bits per heavy atom. The topological polar surface area (TPSA) is 121 Å². The molecule has 1 aromatic carbocycles. The summed E-state index contributed by atoms with van der Waals surface area (Å²) in [7, 11) is 0. The molecule has 0 unspecified atom stereocenters. The van der Waals surface area contributed by atoms with Gasteiger partial charge < -0.3 is 31.1 Å². The first-order valence-corrected chi connectivity index (χ1v) is 12.9. The second-order valence-corrected chi connectivity index (χ2v) is 10.7. The lowest BCUT2D eigenvalue weighted by Gasteiger charge is -2.47. The zero-order valence-corrected chi connectivity index (χ0v) is 22.2. The molecule has 4 heterocycles. The molecule has 1 atom stereocenters. The Balaban J connectivity index is 1.81. The molecule has 3 aromatic rings. The quantitative estimate of drug-likeness (QED) is 0.276. The predicted octanol–water partition coefficient (Wildman–Crippen LogP) is 3.87. The summed E-state index contributed by atoms with van der Waals surface area (Å²) in [4.78, 5) is 15.0. The van der Waals surface area contributed by atoms with E-state index in [0.29, 0.717) is 39.1 Å². The summed E-state index contributed by atoms with van der Waals surface area (Å²) >= 11 is 0. The molecular weight excluding hydrogens is 537 g/mol. The smallest absolute Gasteiger partial charge is 0.417 e. The van der Waals surface area contributed by atoms with Crippen molar-refractivity contribution >= 4 is 28.4 Å². The molecule has 216 valence electrons. The SMILES string of the molecule is Cc1c(F)c(N)cc(-c2nc3c4c(nc(N5CC(C)(CO)C5)nc4c2F)NCCNCC[C@H](C)O3)c1C(F)(F)F. The van der Waals surface area contributed by atoms with Crippen molar-refractivity contribution in [1.82, 2.24) is 20.3 Å². The molecule has 0 saturated carbocycles. The molecule has 1 saturated heterocycles. The van der Waals surface area contributed by atoms with Crippen molar-refractivity contribution in [2.45, 2.75) is 39.5 Å². The van der Waals surface area contributed by atoms with Crippen LogP contribution in [0.15, 0.2) is 6.07 Å². The zero-order valence-electron chi connectivity index (χ0n) is 22.2. The highest BCUT2D eigenvalue weighted by atomic mass is 19.4. The monoisotopic (exact) mass is 567 g/mol. The Kier molecular flexibility index (Phi) is 7.11. The van der Waals surface area contributed by atoms with Gasteiger partial charge in [0.15, 0.2) is 5.82 Å². The van der Waals surface area contributed by atoms with Crippen molar-refractivity contribution < 1.29 is 31.8 Å². The van der Waals surface area contributed by atoms with Crippen molar-refractivity contribution in [3.8, 4) is 17.1 Å². The summed E-state index contributed by atoms with van der Waals surface area (Å²) in [6.45, 7) is 6.84. The van der Waals surface area contributed by atoms with Crippen LogP contribution in [0.25, 0.3) is 22.2 Å². The van der Waals surface area contributed by atoms with Crippen molar-refractivity contribution in [1.29, 1.82) is 0 Å². The lowest BCUT2D eigenvalue weighted by atomic mass is 9.83. The number of hydrogen-bond donors (Lipinski definition) is 4. The molecule has 40 heavy (non-hydrogen) atoms. The van der Waals surface area contributed by atoms with Gasteiger partial charge in [-0.1, -0.05) is 6.92 Å². The predicted molar refractivity (Wildman–Crippen MR) is 140 cm³/mol. The summed E-state index contributed by atoms with van der Waals surface area (Å²) in [6, 6.07) is 0.733. The molecule has 0 spiro atoms. The Bertz CT molecular complexity index is 1460. The van der Waals surface area contributed by atoms with E-state index in [-0.39, 0.29) is 35.2 Å². The van der Waals surface area contributed by atoms with Gasteiger partial charge in [-0.05, 0) is 38.4 Å². The first kappa shape index (κ1) is 28.0. The maximum atomic E-state index is 16.4. The number of nitrogens with two attached hydrogens (primary N) is 1. The number of halogens is 5. The first-order chi connectivity index (χ1) is 18.8. The third-order valence-corrected chi connectivity index (χ3v) is 7.25. The number of aliphatic hydroxyl groups is 1. The number of alkyl halides is 3. The number of anilines is 3. The highest BCUT2D eigenvalue weighted by molar-refractivity contribution is 5.97. The van der Waals surface area contributed by atoms with E-state index in [9.17, 15) is 22.7 Å². The standard InChI is InChI=1S/C26H30F5N7O2/c1-12-4-5-33-6-7-34-22-16-21(36-24(37-22)38-9-25(3,10-38)11-39)19(28)20(35-23(16)40-12)14-8-15(32)18(27)13(2)17(14)26(29,30)31/h8,12,33,39H,4-7,9-11,32H2,1-3H3,(H,34,36,37)/t12-/m0/s1. The number of ether oxygens (including phenoxy) is 1. The number of pyridine rings is 1. The van der Waals surface area contributed by atoms with Crippen molar-refractivity contribution in [3.63, 3.8) is 0 Å². The van der Waals surface area contributed by atoms with Gasteiger partial charge in [-0.3, -0.25) is 0 Å². The number of benzene rings is 1. The second kappa shape index (κ2) is 10.1. The molecule has 1 fully saturated rings. The third kappa shape index (κ3) is 4.94. The number of nitrogens with one attached hydrogen (secondary N) is 2. The fourth-order valence-corrected chi connectivity index (χ4v) is 5.10. The molecule has 9 nitrogen and oxygen atoms in total. The number of nitrogens with zero attached hydrogens (tertiary/aromatic N) is 4. The Labute approximate surface area is 226 Å². The van der Waals surface area contributed by atoms with E-state index in [1.54, 1.807) is 11.8 Å². The number of aromatic nitrogens is 3. The maximum Gasteiger partial charge on any atom is 0.417 e. The molecule has 0 amide bonds. The summed E-state index contributed by atoms with van der Waals surface area (Å²) in [5, 5.41) is 16.1. The fourth-order valence-electron chi connectivity index (χ4n) is 5.10. The average molecular weight is 568 g/mol. The normalized spacial score (nSPS) is 19.4. The molecule has 2 aliphatic rings. The molecular formula is C26H30F5N7O2. The minimum absolute atomic E-state index is 0.0717. The average Bonchev–Trinajstić information content (AvgIpc) is 2.90.